The quantitative estimate of drug-likeness (QED) is 0.665. The van der Waals surface area contributed by atoms with Crippen molar-refractivity contribution in [1.82, 2.24) is 4.98 Å². The number of aromatic nitrogens is 1. The van der Waals surface area contributed by atoms with E-state index < -0.39 is 4.92 Å². The number of anilines is 2. The minimum atomic E-state index is -0.459. The molecule has 1 aromatic heterocycles. The summed E-state index contributed by atoms with van der Waals surface area (Å²) >= 11 is 0. The van der Waals surface area contributed by atoms with Crippen LogP contribution in [0.4, 0.5) is 17.2 Å². The van der Waals surface area contributed by atoms with Crippen LogP contribution >= 0.6 is 0 Å². The molecule has 0 aliphatic rings. The predicted octanol–water partition coefficient (Wildman–Crippen LogP) is 2.59. The van der Waals surface area contributed by atoms with E-state index >= 15 is 0 Å². The largest absolute Gasteiger partial charge is 0.373 e. The van der Waals surface area contributed by atoms with Crippen LogP contribution in [0.15, 0.2) is 36.4 Å². The summed E-state index contributed by atoms with van der Waals surface area (Å²) in [6, 6.07) is 9.46. The van der Waals surface area contributed by atoms with E-state index in [-0.39, 0.29) is 17.3 Å². The number of nitro benzene ring substituents is 1. The van der Waals surface area contributed by atoms with Crippen LogP contribution in [0.1, 0.15) is 16.1 Å². The van der Waals surface area contributed by atoms with Crippen LogP contribution < -0.4 is 10.6 Å². The van der Waals surface area contributed by atoms with Gasteiger partial charge in [-0.2, -0.15) is 0 Å². The van der Waals surface area contributed by atoms with Gasteiger partial charge in [-0.1, -0.05) is 6.07 Å². The zero-order valence-corrected chi connectivity index (χ0v) is 11.6. The van der Waals surface area contributed by atoms with Gasteiger partial charge < -0.3 is 10.6 Å². The summed E-state index contributed by atoms with van der Waals surface area (Å²) in [4.78, 5) is 26.5. The molecule has 2 N–H and O–H groups in total. The summed E-state index contributed by atoms with van der Waals surface area (Å²) in [5.74, 6) is 0.211. The van der Waals surface area contributed by atoms with Crippen LogP contribution in [-0.4, -0.2) is 22.9 Å². The Morgan fingerprint density at radius 2 is 2.05 bits per heavy atom. The van der Waals surface area contributed by atoms with Gasteiger partial charge in [0.05, 0.1) is 4.92 Å². The van der Waals surface area contributed by atoms with Crippen LogP contribution in [0, 0.1) is 17.0 Å². The number of hydrogen-bond acceptors (Lipinski definition) is 5. The third-order valence-corrected chi connectivity index (χ3v) is 2.89. The van der Waals surface area contributed by atoms with E-state index in [1.807, 2.05) is 0 Å². The lowest BCUT2D eigenvalue weighted by Gasteiger charge is -2.07. The Kier molecular flexibility index (Phi) is 4.13. The zero-order chi connectivity index (χ0) is 15.4. The van der Waals surface area contributed by atoms with Gasteiger partial charge >= 0.3 is 0 Å². The molecule has 0 unspecified atom stereocenters. The molecule has 0 radical (unpaired) electrons. The smallest absolute Gasteiger partial charge is 0.274 e. The number of nitro groups is 1. The second-order valence-corrected chi connectivity index (χ2v) is 4.37. The third kappa shape index (κ3) is 3.33. The maximum Gasteiger partial charge on any atom is 0.274 e. The second-order valence-electron chi connectivity index (χ2n) is 4.37. The molecular formula is C14H14N4O3. The molecule has 2 rings (SSSR count). The van der Waals surface area contributed by atoms with Gasteiger partial charge in [0.1, 0.15) is 11.5 Å². The SMILES string of the molecule is CNc1cccc(C(=O)Nc2ccc([N+](=O)[O-])c(C)c2)n1. The molecule has 0 aliphatic carbocycles. The van der Waals surface area contributed by atoms with Crippen LogP contribution in [0.3, 0.4) is 0 Å². The fourth-order valence-electron chi connectivity index (χ4n) is 1.83. The normalized spacial score (nSPS) is 10.0. The van der Waals surface area contributed by atoms with E-state index in [2.05, 4.69) is 15.6 Å². The Bertz CT molecular complexity index is 700. The average Bonchev–Trinajstić information content (AvgIpc) is 2.47. The maximum absolute atomic E-state index is 12.1. The number of hydrogen-bond donors (Lipinski definition) is 2. The van der Waals surface area contributed by atoms with Crippen LogP contribution in [0.25, 0.3) is 0 Å². The Labute approximate surface area is 121 Å². The molecule has 7 heteroatoms. The van der Waals surface area contributed by atoms with Crippen molar-refractivity contribution in [1.29, 1.82) is 0 Å². The van der Waals surface area contributed by atoms with Crippen molar-refractivity contribution in [2.75, 3.05) is 17.7 Å². The van der Waals surface area contributed by atoms with Gasteiger partial charge in [-0.25, -0.2) is 4.98 Å². The number of pyridine rings is 1. The highest BCUT2D eigenvalue weighted by Gasteiger charge is 2.13. The summed E-state index contributed by atoms with van der Waals surface area (Å²) in [6.45, 7) is 1.62. The molecule has 0 saturated heterocycles. The summed E-state index contributed by atoms with van der Waals surface area (Å²) in [5, 5.41) is 16.3. The lowest BCUT2D eigenvalue weighted by molar-refractivity contribution is -0.385. The van der Waals surface area contributed by atoms with Crippen molar-refractivity contribution >= 4 is 23.1 Å². The van der Waals surface area contributed by atoms with E-state index in [4.69, 9.17) is 0 Å². The van der Waals surface area contributed by atoms with Crippen molar-refractivity contribution in [2.24, 2.45) is 0 Å². The Balaban J connectivity index is 2.19. The number of nitrogens with one attached hydrogen (secondary N) is 2. The third-order valence-electron chi connectivity index (χ3n) is 2.89. The number of aryl methyl sites for hydroxylation is 1. The molecule has 0 bridgehead atoms. The minimum absolute atomic E-state index is 0.0169. The van der Waals surface area contributed by atoms with Crippen molar-refractivity contribution in [3.05, 3.63) is 57.8 Å². The minimum Gasteiger partial charge on any atom is -0.373 e. The Hall–Kier alpha value is -2.96. The predicted molar refractivity (Wildman–Crippen MR) is 79.6 cm³/mol. The van der Waals surface area contributed by atoms with Gasteiger partial charge in [0.25, 0.3) is 11.6 Å². The molecular weight excluding hydrogens is 272 g/mol. The Morgan fingerprint density at radius 3 is 2.67 bits per heavy atom. The highest BCUT2D eigenvalue weighted by atomic mass is 16.6. The fourth-order valence-corrected chi connectivity index (χ4v) is 1.83. The molecule has 0 saturated carbocycles. The van der Waals surface area contributed by atoms with E-state index in [1.54, 1.807) is 38.2 Å². The summed E-state index contributed by atoms with van der Waals surface area (Å²) in [6.07, 6.45) is 0. The molecule has 1 heterocycles. The van der Waals surface area contributed by atoms with Crippen LogP contribution in [0.5, 0.6) is 0 Å². The number of carbonyl (C=O) groups excluding carboxylic acids is 1. The first-order chi connectivity index (χ1) is 10.0. The number of benzene rings is 1. The summed E-state index contributed by atoms with van der Waals surface area (Å²) in [5.41, 5.74) is 1.25. The lowest BCUT2D eigenvalue weighted by Crippen LogP contribution is -2.14. The van der Waals surface area contributed by atoms with Gasteiger partial charge in [0.2, 0.25) is 0 Å². The molecule has 0 spiro atoms. The number of carbonyl (C=O) groups is 1. The molecule has 7 nitrogen and oxygen atoms in total. The second kappa shape index (κ2) is 6.00. The molecule has 108 valence electrons. The first-order valence-electron chi connectivity index (χ1n) is 6.22. The summed E-state index contributed by atoms with van der Waals surface area (Å²) in [7, 11) is 1.71. The van der Waals surface area contributed by atoms with E-state index in [0.29, 0.717) is 17.1 Å². The van der Waals surface area contributed by atoms with Crippen molar-refractivity contribution in [3.8, 4) is 0 Å². The summed E-state index contributed by atoms with van der Waals surface area (Å²) < 4.78 is 0. The van der Waals surface area contributed by atoms with Gasteiger partial charge in [0.15, 0.2) is 0 Å². The van der Waals surface area contributed by atoms with Crippen LogP contribution in [0.2, 0.25) is 0 Å². The van der Waals surface area contributed by atoms with E-state index in [0.717, 1.165) is 0 Å². The first-order valence-corrected chi connectivity index (χ1v) is 6.22. The van der Waals surface area contributed by atoms with Gasteiger partial charge in [-0.3, -0.25) is 14.9 Å². The van der Waals surface area contributed by atoms with Gasteiger partial charge in [-0.15, -0.1) is 0 Å². The van der Waals surface area contributed by atoms with Crippen molar-refractivity contribution in [2.45, 2.75) is 6.92 Å². The fraction of sp³-hybridized carbons (Fsp3) is 0.143. The number of amides is 1. The Morgan fingerprint density at radius 1 is 1.29 bits per heavy atom. The molecule has 0 atom stereocenters. The molecule has 0 aliphatic heterocycles. The maximum atomic E-state index is 12.1. The van der Waals surface area contributed by atoms with E-state index in [1.165, 1.54) is 12.1 Å². The highest BCUT2D eigenvalue weighted by Crippen LogP contribution is 2.21. The lowest BCUT2D eigenvalue weighted by atomic mass is 10.2. The number of rotatable bonds is 4. The van der Waals surface area contributed by atoms with E-state index in [9.17, 15) is 14.9 Å². The molecule has 0 fully saturated rings. The van der Waals surface area contributed by atoms with Crippen LogP contribution in [-0.2, 0) is 0 Å². The standard InChI is InChI=1S/C14H14N4O3/c1-9-8-10(6-7-12(9)18(20)21)16-14(19)11-4-3-5-13(15-2)17-11/h3-8H,1-2H3,(H,15,17)(H,16,19). The first kappa shape index (κ1) is 14.4. The van der Waals surface area contributed by atoms with Gasteiger partial charge in [-0.05, 0) is 31.2 Å². The molecule has 1 aromatic carbocycles. The van der Waals surface area contributed by atoms with Gasteiger partial charge in [0, 0.05) is 24.4 Å². The average molecular weight is 286 g/mol. The molecule has 2 aromatic rings. The topological polar surface area (TPSA) is 97.2 Å². The van der Waals surface area contributed by atoms with Crippen molar-refractivity contribution in [3.63, 3.8) is 0 Å². The monoisotopic (exact) mass is 286 g/mol. The molecule has 21 heavy (non-hydrogen) atoms. The van der Waals surface area contributed by atoms with Crippen molar-refractivity contribution < 1.29 is 9.72 Å². The zero-order valence-electron chi connectivity index (χ0n) is 11.6. The number of nitrogens with zero attached hydrogens (tertiary/aromatic N) is 2. The highest BCUT2D eigenvalue weighted by molar-refractivity contribution is 6.03. The molecule has 1 amide bonds.